The van der Waals surface area contributed by atoms with Crippen LogP contribution >= 0.6 is 11.3 Å². The van der Waals surface area contributed by atoms with Gasteiger partial charge in [0.05, 0.1) is 31.0 Å². The molecule has 1 amide bonds. The van der Waals surface area contributed by atoms with Gasteiger partial charge < -0.3 is 19.8 Å². The van der Waals surface area contributed by atoms with Crippen LogP contribution in [0.2, 0.25) is 0 Å². The maximum absolute atomic E-state index is 13.0. The lowest BCUT2D eigenvalue weighted by Gasteiger charge is -2.11. The van der Waals surface area contributed by atoms with Crippen molar-refractivity contribution in [3.8, 4) is 11.5 Å². The number of aromatic amines is 1. The van der Waals surface area contributed by atoms with Gasteiger partial charge in [0.1, 0.15) is 0 Å². The molecule has 0 radical (unpaired) electrons. The molecule has 0 saturated carbocycles. The number of fused-ring (bicyclic) bond motifs is 1. The van der Waals surface area contributed by atoms with Crippen LogP contribution in [-0.2, 0) is 0 Å². The van der Waals surface area contributed by atoms with Gasteiger partial charge in [-0.2, -0.15) is 0 Å². The highest BCUT2D eigenvalue weighted by Crippen LogP contribution is 2.28. The first kappa shape index (κ1) is 18.8. The second-order valence-corrected chi connectivity index (χ2v) is 7.18. The maximum atomic E-state index is 13.0. The number of hydrogen-bond acceptors (Lipinski definition) is 5. The molecular formula is C22H19N3O3S. The van der Waals surface area contributed by atoms with E-state index in [0.29, 0.717) is 28.6 Å². The van der Waals surface area contributed by atoms with Crippen molar-refractivity contribution in [2.75, 3.05) is 14.2 Å². The average molecular weight is 405 g/mol. The summed E-state index contributed by atoms with van der Waals surface area (Å²) in [5, 5.41) is 4.96. The van der Waals surface area contributed by atoms with Crippen molar-refractivity contribution in [3.63, 3.8) is 0 Å². The van der Waals surface area contributed by atoms with Gasteiger partial charge in [-0.25, -0.2) is 4.98 Å². The van der Waals surface area contributed by atoms with Crippen LogP contribution in [0, 0.1) is 0 Å². The zero-order valence-electron chi connectivity index (χ0n) is 15.9. The number of carbonyl (C=O) groups excluding carboxylic acids is 1. The van der Waals surface area contributed by atoms with Crippen LogP contribution in [0.15, 0.2) is 60.0 Å². The fourth-order valence-electron chi connectivity index (χ4n) is 2.93. The van der Waals surface area contributed by atoms with Crippen LogP contribution in [0.3, 0.4) is 0 Å². The van der Waals surface area contributed by atoms with Gasteiger partial charge in [-0.15, -0.1) is 11.3 Å². The summed E-state index contributed by atoms with van der Waals surface area (Å²) in [4.78, 5) is 21.9. The van der Waals surface area contributed by atoms with Crippen molar-refractivity contribution < 1.29 is 14.3 Å². The number of thiophene rings is 1. The van der Waals surface area contributed by atoms with E-state index in [2.05, 4.69) is 15.3 Å². The standard InChI is InChI=1S/C22H19N3O3S/c1-27-19-10-9-14(12-20(19)28-2)22(26)25-18(13-15-6-5-11-29-15)21-23-16-7-3-4-8-17(16)24-21/h3-13H,1-2H3,(H,23,24)(H,25,26). The van der Waals surface area contributed by atoms with Crippen molar-refractivity contribution in [2.24, 2.45) is 0 Å². The number of benzene rings is 2. The van der Waals surface area contributed by atoms with Gasteiger partial charge in [-0.05, 0) is 47.9 Å². The number of amides is 1. The Morgan fingerprint density at radius 3 is 2.62 bits per heavy atom. The van der Waals surface area contributed by atoms with Crippen molar-refractivity contribution in [1.82, 2.24) is 15.3 Å². The van der Waals surface area contributed by atoms with Crippen molar-refractivity contribution in [2.45, 2.75) is 0 Å². The molecule has 0 aliphatic heterocycles. The molecule has 0 fully saturated rings. The second kappa shape index (κ2) is 8.20. The predicted molar refractivity (Wildman–Crippen MR) is 115 cm³/mol. The van der Waals surface area contributed by atoms with E-state index in [1.54, 1.807) is 36.6 Å². The lowest BCUT2D eigenvalue weighted by molar-refractivity contribution is 0.0973. The van der Waals surface area contributed by atoms with Gasteiger partial charge in [0.25, 0.3) is 5.91 Å². The summed E-state index contributed by atoms with van der Waals surface area (Å²) in [5.41, 5.74) is 2.78. The molecule has 0 saturated heterocycles. The van der Waals surface area contributed by atoms with Crippen LogP contribution in [0.5, 0.6) is 11.5 Å². The molecule has 0 spiro atoms. The third-order valence-electron chi connectivity index (χ3n) is 4.37. The van der Waals surface area contributed by atoms with E-state index in [-0.39, 0.29) is 5.91 Å². The second-order valence-electron chi connectivity index (χ2n) is 6.20. The lowest BCUT2D eigenvalue weighted by Crippen LogP contribution is -2.22. The first-order chi connectivity index (χ1) is 14.2. The summed E-state index contributed by atoms with van der Waals surface area (Å²) in [6.07, 6.45) is 1.90. The van der Waals surface area contributed by atoms with E-state index >= 15 is 0 Å². The molecule has 4 aromatic rings. The molecule has 2 aromatic carbocycles. The number of hydrogen-bond donors (Lipinski definition) is 2. The number of aromatic nitrogens is 2. The quantitative estimate of drug-likeness (QED) is 0.493. The van der Waals surface area contributed by atoms with Crippen LogP contribution in [-0.4, -0.2) is 30.1 Å². The lowest BCUT2D eigenvalue weighted by atomic mass is 10.1. The van der Waals surface area contributed by atoms with Gasteiger partial charge in [0.15, 0.2) is 17.3 Å². The summed E-state index contributed by atoms with van der Waals surface area (Å²) >= 11 is 1.58. The fraction of sp³-hybridized carbons (Fsp3) is 0.0909. The Morgan fingerprint density at radius 1 is 1.07 bits per heavy atom. The average Bonchev–Trinajstić information content (AvgIpc) is 3.42. The number of carbonyl (C=O) groups is 1. The number of methoxy groups -OCH3 is 2. The third-order valence-corrected chi connectivity index (χ3v) is 5.19. The molecule has 7 heteroatoms. The predicted octanol–water partition coefficient (Wildman–Crippen LogP) is 4.57. The van der Waals surface area contributed by atoms with E-state index in [1.807, 2.05) is 47.9 Å². The molecule has 2 heterocycles. The summed E-state index contributed by atoms with van der Waals surface area (Å²) in [6, 6.07) is 16.7. The minimum atomic E-state index is -0.269. The smallest absolute Gasteiger partial charge is 0.255 e. The number of imidazole rings is 1. The van der Waals surface area contributed by atoms with E-state index in [9.17, 15) is 4.79 Å². The Balaban J connectivity index is 1.70. The Bertz CT molecular complexity index is 1150. The van der Waals surface area contributed by atoms with Crippen molar-refractivity contribution >= 4 is 40.1 Å². The van der Waals surface area contributed by atoms with Gasteiger partial charge >= 0.3 is 0 Å². The summed E-state index contributed by atoms with van der Waals surface area (Å²) < 4.78 is 10.5. The van der Waals surface area contributed by atoms with E-state index in [1.165, 1.54) is 7.11 Å². The molecule has 0 bridgehead atoms. The number of para-hydroxylation sites is 2. The highest BCUT2D eigenvalue weighted by atomic mass is 32.1. The van der Waals surface area contributed by atoms with Gasteiger partial charge in [0, 0.05) is 10.4 Å². The maximum Gasteiger partial charge on any atom is 0.255 e. The molecule has 4 rings (SSSR count). The summed E-state index contributed by atoms with van der Waals surface area (Å²) in [5.74, 6) is 1.38. The van der Waals surface area contributed by atoms with Gasteiger partial charge in [-0.1, -0.05) is 18.2 Å². The zero-order chi connectivity index (χ0) is 20.2. The number of rotatable bonds is 6. The normalized spacial score (nSPS) is 11.4. The topological polar surface area (TPSA) is 76.2 Å². The molecule has 2 aromatic heterocycles. The summed E-state index contributed by atoms with van der Waals surface area (Å²) in [7, 11) is 3.09. The first-order valence-electron chi connectivity index (χ1n) is 8.91. The minimum absolute atomic E-state index is 0.269. The molecular weight excluding hydrogens is 386 g/mol. The monoisotopic (exact) mass is 405 g/mol. The number of nitrogens with zero attached hydrogens (tertiary/aromatic N) is 1. The van der Waals surface area contributed by atoms with Crippen LogP contribution in [0.25, 0.3) is 22.8 Å². The number of ether oxygens (including phenoxy) is 2. The largest absolute Gasteiger partial charge is 0.493 e. The van der Waals surface area contributed by atoms with E-state index < -0.39 is 0 Å². The molecule has 29 heavy (non-hydrogen) atoms. The van der Waals surface area contributed by atoms with Crippen molar-refractivity contribution in [1.29, 1.82) is 0 Å². The fourth-order valence-corrected chi connectivity index (χ4v) is 3.59. The molecule has 146 valence electrons. The zero-order valence-corrected chi connectivity index (χ0v) is 16.7. The number of nitrogens with one attached hydrogen (secondary N) is 2. The number of H-pyrrole nitrogens is 1. The Hall–Kier alpha value is -3.58. The summed E-state index contributed by atoms with van der Waals surface area (Å²) in [6.45, 7) is 0. The molecule has 0 unspecified atom stereocenters. The highest BCUT2D eigenvalue weighted by molar-refractivity contribution is 7.10. The SMILES string of the molecule is COc1ccc(C(=O)NC(=Cc2cccs2)c2nc3ccccc3[nH]2)cc1OC. The molecule has 0 aliphatic rings. The third kappa shape index (κ3) is 4.00. The molecule has 2 N–H and O–H groups in total. The van der Waals surface area contributed by atoms with Crippen LogP contribution in [0.4, 0.5) is 0 Å². The highest BCUT2D eigenvalue weighted by Gasteiger charge is 2.15. The Labute approximate surface area is 171 Å². The van der Waals surface area contributed by atoms with E-state index in [0.717, 1.165) is 15.9 Å². The molecule has 0 atom stereocenters. The Kier molecular flexibility index (Phi) is 5.31. The minimum Gasteiger partial charge on any atom is -0.493 e. The first-order valence-corrected chi connectivity index (χ1v) is 9.79. The van der Waals surface area contributed by atoms with Gasteiger partial charge in [-0.3, -0.25) is 4.79 Å². The van der Waals surface area contributed by atoms with Crippen LogP contribution < -0.4 is 14.8 Å². The van der Waals surface area contributed by atoms with E-state index in [4.69, 9.17) is 9.47 Å². The Morgan fingerprint density at radius 2 is 1.90 bits per heavy atom. The van der Waals surface area contributed by atoms with Crippen molar-refractivity contribution in [3.05, 3.63) is 76.2 Å². The van der Waals surface area contributed by atoms with Crippen LogP contribution in [0.1, 0.15) is 21.1 Å². The molecule has 6 nitrogen and oxygen atoms in total. The van der Waals surface area contributed by atoms with Gasteiger partial charge in [0.2, 0.25) is 0 Å². The molecule has 0 aliphatic carbocycles.